The Bertz CT molecular complexity index is 668. The van der Waals surface area contributed by atoms with Crippen LogP contribution in [-0.4, -0.2) is 55.7 Å². The predicted octanol–water partition coefficient (Wildman–Crippen LogP) is 2.28. The number of carbonyl (C=O) groups excluding carboxylic acids is 2. The molecular weight excluding hydrogens is 320 g/mol. The highest BCUT2D eigenvalue weighted by atomic mass is 16.5. The van der Waals surface area contributed by atoms with Crippen LogP contribution in [0.1, 0.15) is 30.8 Å². The first-order valence-corrected chi connectivity index (χ1v) is 8.29. The summed E-state index contributed by atoms with van der Waals surface area (Å²) in [6.45, 7) is 6.07. The third-order valence-corrected chi connectivity index (χ3v) is 4.17. The van der Waals surface area contributed by atoms with Gasteiger partial charge in [-0.25, -0.2) is 4.79 Å². The van der Waals surface area contributed by atoms with Crippen molar-refractivity contribution < 1.29 is 14.3 Å². The summed E-state index contributed by atoms with van der Waals surface area (Å²) in [6, 6.07) is 2.90. The summed E-state index contributed by atoms with van der Waals surface area (Å²) in [4.78, 5) is 29.6. The first kappa shape index (κ1) is 18.9. The number of nitrogens with one attached hydrogen (secondary N) is 2. The van der Waals surface area contributed by atoms with Crippen molar-refractivity contribution in [3.8, 4) is 0 Å². The Balaban J connectivity index is 1.93. The fourth-order valence-corrected chi connectivity index (χ4v) is 2.59. The molecule has 2 rings (SSSR count). The van der Waals surface area contributed by atoms with Crippen molar-refractivity contribution in [2.45, 2.75) is 20.3 Å². The summed E-state index contributed by atoms with van der Waals surface area (Å²) in [5, 5.41) is 5.64. The number of anilines is 1. The summed E-state index contributed by atoms with van der Waals surface area (Å²) in [7, 11) is 3.31. The summed E-state index contributed by atoms with van der Waals surface area (Å²) in [6.07, 6.45) is 4.48. The topological polar surface area (TPSA) is 83.6 Å². The van der Waals surface area contributed by atoms with Crippen molar-refractivity contribution in [2.75, 3.05) is 39.2 Å². The molecule has 1 aliphatic rings. The number of aromatic nitrogens is 1. The van der Waals surface area contributed by atoms with Gasteiger partial charge in [-0.1, -0.05) is 25.5 Å². The maximum atomic E-state index is 12.2. The number of nitrogens with zero attached hydrogens (tertiary/aromatic N) is 2. The number of rotatable bonds is 5. The molecule has 0 aliphatic carbocycles. The number of ether oxygens (including phenoxy) is 1. The van der Waals surface area contributed by atoms with Crippen LogP contribution in [-0.2, 0) is 4.74 Å². The molecule has 136 valence electrons. The second-order valence-corrected chi connectivity index (χ2v) is 6.88. The molecule has 0 atom stereocenters. The molecular formula is C18H26N4O3. The van der Waals surface area contributed by atoms with Crippen LogP contribution in [0.5, 0.6) is 0 Å². The van der Waals surface area contributed by atoms with Crippen LogP contribution in [0, 0.1) is 5.41 Å². The van der Waals surface area contributed by atoms with E-state index in [9.17, 15) is 9.59 Å². The van der Waals surface area contributed by atoms with Gasteiger partial charge in [-0.2, -0.15) is 0 Å². The van der Waals surface area contributed by atoms with Crippen LogP contribution in [0.15, 0.2) is 30.0 Å². The van der Waals surface area contributed by atoms with E-state index >= 15 is 0 Å². The Morgan fingerprint density at radius 1 is 1.36 bits per heavy atom. The zero-order chi connectivity index (χ0) is 18.4. The Hall–Kier alpha value is -2.41. The highest BCUT2D eigenvalue weighted by molar-refractivity contribution is 5.95. The second kappa shape index (κ2) is 8.11. The molecule has 1 aliphatic heterocycles. The van der Waals surface area contributed by atoms with Gasteiger partial charge in [0.05, 0.1) is 13.2 Å². The molecule has 3 amide bonds. The van der Waals surface area contributed by atoms with Gasteiger partial charge >= 0.3 is 6.03 Å². The minimum Gasteiger partial charge on any atom is -0.377 e. The molecule has 0 spiro atoms. The summed E-state index contributed by atoms with van der Waals surface area (Å²) in [5.74, 6) is -0.211. The van der Waals surface area contributed by atoms with Gasteiger partial charge in [0.15, 0.2) is 0 Å². The van der Waals surface area contributed by atoms with Crippen LogP contribution < -0.4 is 10.6 Å². The minimum absolute atomic E-state index is 0.134. The van der Waals surface area contributed by atoms with Gasteiger partial charge in [-0.15, -0.1) is 0 Å². The minimum atomic E-state index is -0.310. The van der Waals surface area contributed by atoms with Crippen molar-refractivity contribution in [3.05, 3.63) is 35.7 Å². The Morgan fingerprint density at radius 2 is 2.12 bits per heavy atom. The van der Waals surface area contributed by atoms with Crippen molar-refractivity contribution in [1.29, 1.82) is 0 Å². The molecule has 0 fully saturated rings. The molecule has 7 heteroatoms. The Kier molecular flexibility index (Phi) is 6.14. The molecule has 0 saturated heterocycles. The third kappa shape index (κ3) is 5.29. The van der Waals surface area contributed by atoms with E-state index in [1.807, 2.05) is 0 Å². The van der Waals surface area contributed by atoms with E-state index in [1.54, 1.807) is 26.2 Å². The molecule has 0 aromatic carbocycles. The average Bonchev–Trinajstić information content (AvgIpc) is 2.60. The van der Waals surface area contributed by atoms with E-state index in [0.29, 0.717) is 18.8 Å². The molecule has 0 saturated carbocycles. The second-order valence-electron chi connectivity index (χ2n) is 6.88. The van der Waals surface area contributed by atoms with Gasteiger partial charge in [-0.05, 0) is 18.6 Å². The van der Waals surface area contributed by atoms with Gasteiger partial charge in [-0.3, -0.25) is 9.78 Å². The fraction of sp³-hybridized carbons (Fsp3) is 0.500. The lowest BCUT2D eigenvalue weighted by Gasteiger charge is -2.30. The lowest BCUT2D eigenvalue weighted by atomic mass is 9.81. The SMILES string of the molecule is CN(C)C(=O)c1cc(NC(=O)NCC(C)(C)C2=CCOCC2)ccn1. The summed E-state index contributed by atoms with van der Waals surface area (Å²) >= 11 is 0. The van der Waals surface area contributed by atoms with Crippen LogP contribution in [0.4, 0.5) is 10.5 Å². The smallest absolute Gasteiger partial charge is 0.319 e. The number of urea groups is 1. The van der Waals surface area contributed by atoms with Crippen LogP contribution in [0.25, 0.3) is 0 Å². The molecule has 25 heavy (non-hydrogen) atoms. The summed E-state index contributed by atoms with van der Waals surface area (Å²) < 4.78 is 5.33. The highest BCUT2D eigenvalue weighted by Gasteiger charge is 2.25. The van der Waals surface area contributed by atoms with Gasteiger partial charge < -0.3 is 20.3 Å². The molecule has 0 unspecified atom stereocenters. The highest BCUT2D eigenvalue weighted by Crippen LogP contribution is 2.29. The van der Waals surface area contributed by atoms with E-state index in [2.05, 4.69) is 35.5 Å². The number of amides is 3. The van der Waals surface area contributed by atoms with E-state index in [1.165, 1.54) is 16.7 Å². The van der Waals surface area contributed by atoms with Crippen molar-refractivity contribution in [1.82, 2.24) is 15.2 Å². The quantitative estimate of drug-likeness (QED) is 0.801. The first-order chi connectivity index (χ1) is 11.8. The normalized spacial score (nSPS) is 14.5. The number of hydrogen-bond donors (Lipinski definition) is 2. The molecule has 2 N–H and O–H groups in total. The molecule has 2 heterocycles. The van der Waals surface area contributed by atoms with Crippen LogP contribution >= 0.6 is 0 Å². The number of carbonyl (C=O) groups is 2. The van der Waals surface area contributed by atoms with Gasteiger partial charge in [0, 0.05) is 37.9 Å². The van der Waals surface area contributed by atoms with Crippen molar-refractivity contribution in [2.24, 2.45) is 5.41 Å². The van der Waals surface area contributed by atoms with E-state index < -0.39 is 0 Å². The first-order valence-electron chi connectivity index (χ1n) is 8.29. The van der Waals surface area contributed by atoms with Crippen LogP contribution in [0.3, 0.4) is 0 Å². The Labute approximate surface area is 148 Å². The summed E-state index contributed by atoms with van der Waals surface area (Å²) in [5.41, 5.74) is 1.98. The van der Waals surface area contributed by atoms with Gasteiger partial charge in [0.1, 0.15) is 5.69 Å². The molecule has 1 aromatic rings. The average molecular weight is 346 g/mol. The largest absolute Gasteiger partial charge is 0.377 e. The maximum Gasteiger partial charge on any atom is 0.319 e. The van der Waals surface area contributed by atoms with E-state index in [-0.39, 0.29) is 23.0 Å². The zero-order valence-corrected chi connectivity index (χ0v) is 15.3. The standard InChI is InChI=1S/C18H26N4O3/c1-18(2,13-6-9-25-10-7-13)12-20-17(24)21-14-5-8-19-15(11-14)16(23)22(3)4/h5-6,8,11H,7,9-10,12H2,1-4H3,(H2,19,20,21,24). The monoisotopic (exact) mass is 346 g/mol. The fourth-order valence-electron chi connectivity index (χ4n) is 2.59. The van der Waals surface area contributed by atoms with Crippen LogP contribution in [0.2, 0.25) is 0 Å². The maximum absolute atomic E-state index is 12.2. The molecule has 0 bridgehead atoms. The molecule has 0 radical (unpaired) electrons. The van der Waals surface area contributed by atoms with Gasteiger partial charge in [0.25, 0.3) is 5.91 Å². The van der Waals surface area contributed by atoms with E-state index in [4.69, 9.17) is 4.74 Å². The molecule has 1 aromatic heterocycles. The van der Waals surface area contributed by atoms with Crippen molar-refractivity contribution >= 4 is 17.6 Å². The third-order valence-electron chi connectivity index (χ3n) is 4.17. The zero-order valence-electron chi connectivity index (χ0n) is 15.3. The Morgan fingerprint density at radius 3 is 2.76 bits per heavy atom. The predicted molar refractivity (Wildman–Crippen MR) is 96.6 cm³/mol. The van der Waals surface area contributed by atoms with E-state index in [0.717, 1.165) is 13.0 Å². The number of hydrogen-bond acceptors (Lipinski definition) is 4. The lowest BCUT2D eigenvalue weighted by Crippen LogP contribution is -2.38. The number of pyridine rings is 1. The lowest BCUT2D eigenvalue weighted by molar-refractivity contribution is 0.0822. The van der Waals surface area contributed by atoms with Crippen molar-refractivity contribution in [3.63, 3.8) is 0 Å². The molecule has 7 nitrogen and oxygen atoms in total. The van der Waals surface area contributed by atoms with Gasteiger partial charge in [0.2, 0.25) is 0 Å².